The van der Waals surface area contributed by atoms with Crippen molar-refractivity contribution in [2.24, 2.45) is 35.5 Å². The largest absolute Gasteiger partial charge is 0.374 e. The van der Waals surface area contributed by atoms with Crippen LogP contribution in [0.4, 0.5) is 13.2 Å². The van der Waals surface area contributed by atoms with E-state index in [9.17, 15) is 4.39 Å². The first-order valence-corrected chi connectivity index (χ1v) is 14.7. The van der Waals surface area contributed by atoms with Crippen molar-refractivity contribution in [2.75, 3.05) is 6.61 Å². The lowest BCUT2D eigenvalue weighted by Gasteiger charge is -2.36. The number of allylic oxidation sites excluding steroid dienone is 5. The van der Waals surface area contributed by atoms with E-state index in [1.54, 1.807) is 6.08 Å². The van der Waals surface area contributed by atoms with Gasteiger partial charge in [-0.3, -0.25) is 0 Å². The molecule has 3 atom stereocenters. The van der Waals surface area contributed by atoms with Gasteiger partial charge in [-0.2, -0.15) is 0 Å². The first kappa shape index (κ1) is 27.0. The lowest BCUT2D eigenvalue weighted by molar-refractivity contribution is 0.0749. The average molecular weight is 493 g/mol. The maximum Gasteiger partial charge on any atom is 0.158 e. The van der Waals surface area contributed by atoms with Gasteiger partial charge in [0.15, 0.2) is 5.83 Å². The van der Waals surface area contributed by atoms with Gasteiger partial charge in [-0.15, -0.1) is 0 Å². The molecule has 4 aliphatic carbocycles. The lowest BCUT2D eigenvalue weighted by Crippen LogP contribution is -2.26. The molecule has 0 spiro atoms. The summed E-state index contributed by atoms with van der Waals surface area (Å²) < 4.78 is 50.5. The maximum absolute atomic E-state index is 15.3. The number of rotatable bonds is 9. The smallest absolute Gasteiger partial charge is 0.158 e. The Morgan fingerprint density at radius 2 is 1.49 bits per heavy atom. The molecule has 4 rings (SSSR count). The van der Waals surface area contributed by atoms with E-state index >= 15 is 8.78 Å². The molecule has 0 aromatic rings. The van der Waals surface area contributed by atoms with Crippen LogP contribution in [0.5, 0.6) is 0 Å². The molecule has 0 amide bonds. The SMILES string of the molecule is CCCC1CCC(C2=CCC(C3CCC(CCC4CCC(OCC)C=C4F)CC3)C(F)=C2F)CC1. The van der Waals surface area contributed by atoms with Crippen LogP contribution in [0, 0.1) is 35.5 Å². The van der Waals surface area contributed by atoms with Crippen LogP contribution in [0.1, 0.15) is 110 Å². The van der Waals surface area contributed by atoms with E-state index in [1.165, 1.54) is 12.8 Å². The predicted molar refractivity (Wildman–Crippen MR) is 138 cm³/mol. The topological polar surface area (TPSA) is 9.23 Å². The van der Waals surface area contributed by atoms with Crippen LogP contribution in [0.25, 0.3) is 0 Å². The van der Waals surface area contributed by atoms with Crippen molar-refractivity contribution in [1.82, 2.24) is 0 Å². The Labute approximate surface area is 211 Å². The van der Waals surface area contributed by atoms with Gasteiger partial charge in [-0.25, -0.2) is 13.2 Å². The van der Waals surface area contributed by atoms with Gasteiger partial charge in [-0.1, -0.05) is 38.7 Å². The molecule has 198 valence electrons. The Kier molecular flexibility index (Phi) is 10.0. The molecule has 0 aliphatic heterocycles. The third kappa shape index (κ3) is 6.84. The summed E-state index contributed by atoms with van der Waals surface area (Å²) >= 11 is 0. The highest BCUT2D eigenvalue weighted by Gasteiger charge is 2.37. The summed E-state index contributed by atoms with van der Waals surface area (Å²) in [5.41, 5.74) is 0.677. The molecule has 0 aromatic carbocycles. The molecule has 0 heterocycles. The van der Waals surface area contributed by atoms with E-state index < -0.39 is 11.7 Å². The first-order valence-electron chi connectivity index (χ1n) is 14.7. The summed E-state index contributed by atoms with van der Waals surface area (Å²) in [6.45, 7) is 4.80. The molecule has 0 saturated heterocycles. The van der Waals surface area contributed by atoms with Crippen molar-refractivity contribution in [3.63, 3.8) is 0 Å². The molecule has 4 aliphatic rings. The normalized spacial score (nSPS) is 36.7. The molecule has 0 aromatic heterocycles. The van der Waals surface area contributed by atoms with E-state index in [1.807, 2.05) is 13.0 Å². The van der Waals surface area contributed by atoms with Gasteiger partial charge in [0, 0.05) is 18.4 Å². The predicted octanol–water partition coefficient (Wildman–Crippen LogP) is 9.94. The molecule has 0 N–H and O–H groups in total. The number of hydrogen-bond donors (Lipinski definition) is 0. The summed E-state index contributed by atoms with van der Waals surface area (Å²) in [6.07, 6.45) is 18.9. The van der Waals surface area contributed by atoms with Gasteiger partial charge < -0.3 is 4.74 Å². The van der Waals surface area contributed by atoms with Gasteiger partial charge in [0.1, 0.15) is 11.7 Å². The van der Waals surface area contributed by atoms with Crippen LogP contribution in [-0.4, -0.2) is 12.7 Å². The quantitative estimate of drug-likeness (QED) is 0.311. The monoisotopic (exact) mass is 492 g/mol. The zero-order chi connectivity index (χ0) is 24.8. The van der Waals surface area contributed by atoms with E-state index in [-0.39, 0.29) is 35.6 Å². The fourth-order valence-corrected chi connectivity index (χ4v) is 7.51. The molecule has 0 bridgehead atoms. The minimum atomic E-state index is -0.521. The van der Waals surface area contributed by atoms with Gasteiger partial charge in [0.25, 0.3) is 0 Å². The average Bonchev–Trinajstić information content (AvgIpc) is 2.87. The minimum Gasteiger partial charge on any atom is -0.374 e. The van der Waals surface area contributed by atoms with Crippen molar-refractivity contribution < 1.29 is 17.9 Å². The Hall–Kier alpha value is -1.03. The van der Waals surface area contributed by atoms with Gasteiger partial charge in [-0.05, 0) is 113 Å². The van der Waals surface area contributed by atoms with Crippen LogP contribution in [-0.2, 0) is 4.74 Å². The molecule has 2 saturated carbocycles. The van der Waals surface area contributed by atoms with Crippen molar-refractivity contribution in [3.8, 4) is 0 Å². The summed E-state index contributed by atoms with van der Waals surface area (Å²) in [5.74, 6) is 0.619. The van der Waals surface area contributed by atoms with Crippen molar-refractivity contribution in [1.29, 1.82) is 0 Å². The molecule has 35 heavy (non-hydrogen) atoms. The Morgan fingerprint density at radius 1 is 0.800 bits per heavy atom. The van der Waals surface area contributed by atoms with Gasteiger partial charge in [0.2, 0.25) is 0 Å². The van der Waals surface area contributed by atoms with E-state index in [0.29, 0.717) is 24.5 Å². The Bertz CT molecular complexity index is 768. The molecular weight excluding hydrogens is 445 g/mol. The van der Waals surface area contributed by atoms with Gasteiger partial charge in [0.05, 0.1) is 6.10 Å². The fraction of sp³-hybridized carbons (Fsp3) is 0.806. The molecule has 1 nitrogen and oxygen atoms in total. The second-order valence-corrected chi connectivity index (χ2v) is 11.8. The van der Waals surface area contributed by atoms with E-state index in [0.717, 1.165) is 83.0 Å². The van der Waals surface area contributed by atoms with Crippen molar-refractivity contribution >= 4 is 0 Å². The first-order chi connectivity index (χ1) is 17.0. The van der Waals surface area contributed by atoms with Gasteiger partial charge >= 0.3 is 0 Å². The highest BCUT2D eigenvalue weighted by Crippen LogP contribution is 2.47. The Morgan fingerprint density at radius 3 is 2.14 bits per heavy atom. The number of hydrogen-bond acceptors (Lipinski definition) is 1. The molecule has 2 fully saturated rings. The highest BCUT2D eigenvalue weighted by atomic mass is 19.2. The van der Waals surface area contributed by atoms with Crippen LogP contribution in [0.15, 0.2) is 35.2 Å². The zero-order valence-electron chi connectivity index (χ0n) is 22.1. The van der Waals surface area contributed by atoms with Crippen LogP contribution >= 0.6 is 0 Å². The number of ether oxygens (including phenoxy) is 1. The van der Waals surface area contributed by atoms with E-state index in [2.05, 4.69) is 6.92 Å². The van der Waals surface area contributed by atoms with E-state index in [4.69, 9.17) is 4.74 Å². The third-order valence-corrected chi connectivity index (χ3v) is 9.66. The van der Waals surface area contributed by atoms with Crippen LogP contribution in [0.3, 0.4) is 0 Å². The fourth-order valence-electron chi connectivity index (χ4n) is 7.51. The van der Waals surface area contributed by atoms with Crippen LogP contribution < -0.4 is 0 Å². The molecular formula is C31H47F3O. The molecule has 0 radical (unpaired) electrons. The summed E-state index contributed by atoms with van der Waals surface area (Å²) in [5, 5.41) is 0. The standard InChI is InChI=1S/C31H47F3O/c1-3-5-21-6-11-23(12-7-21)27-18-19-28(31(34)30(27)33)24-13-8-22(9-14-24)10-15-25-16-17-26(35-4-2)20-29(25)32/h18,20-26,28H,3-17,19H2,1-2H3. The Balaban J connectivity index is 1.22. The second kappa shape index (κ2) is 13.0. The summed E-state index contributed by atoms with van der Waals surface area (Å²) in [7, 11) is 0. The number of halogens is 3. The maximum atomic E-state index is 15.3. The summed E-state index contributed by atoms with van der Waals surface area (Å²) in [6, 6.07) is 0. The van der Waals surface area contributed by atoms with Crippen molar-refractivity contribution in [2.45, 2.75) is 116 Å². The summed E-state index contributed by atoms with van der Waals surface area (Å²) in [4.78, 5) is 0. The molecule has 3 unspecified atom stereocenters. The molecule has 4 heteroatoms. The lowest BCUT2D eigenvalue weighted by atomic mass is 9.70. The zero-order valence-corrected chi connectivity index (χ0v) is 22.1. The third-order valence-electron chi connectivity index (χ3n) is 9.66. The second-order valence-electron chi connectivity index (χ2n) is 11.8. The minimum absolute atomic E-state index is 0.00900. The highest BCUT2D eigenvalue weighted by molar-refractivity contribution is 5.35. The van der Waals surface area contributed by atoms with Crippen LogP contribution in [0.2, 0.25) is 0 Å². The van der Waals surface area contributed by atoms with Crippen molar-refractivity contribution in [3.05, 3.63) is 35.2 Å².